The zero-order chi connectivity index (χ0) is 20.0. The van der Waals surface area contributed by atoms with E-state index in [0.29, 0.717) is 18.9 Å². The van der Waals surface area contributed by atoms with Gasteiger partial charge in [0.2, 0.25) is 10.0 Å². The Hall–Kier alpha value is -1.83. The van der Waals surface area contributed by atoms with Crippen molar-refractivity contribution in [3.05, 3.63) is 48.3 Å². The molecule has 0 amide bonds. The quantitative estimate of drug-likeness (QED) is 0.732. The third-order valence-electron chi connectivity index (χ3n) is 5.32. The van der Waals surface area contributed by atoms with Gasteiger partial charge in [0.25, 0.3) is 0 Å². The van der Waals surface area contributed by atoms with Crippen LogP contribution in [0.1, 0.15) is 44.3 Å². The lowest BCUT2D eigenvalue weighted by Gasteiger charge is -2.31. The molecule has 7 heteroatoms. The Bertz CT molecular complexity index is 838. The highest BCUT2D eigenvalue weighted by atomic mass is 32.2. The third kappa shape index (κ3) is 5.16. The number of hydrogen-bond donors (Lipinski definition) is 1. The van der Waals surface area contributed by atoms with Crippen molar-refractivity contribution >= 4 is 10.0 Å². The van der Waals surface area contributed by atoms with E-state index in [0.717, 1.165) is 31.6 Å². The van der Waals surface area contributed by atoms with Crippen LogP contribution < -0.4 is 9.46 Å². The zero-order valence-corrected chi connectivity index (χ0v) is 17.6. The molecule has 3 rings (SSSR count). The lowest BCUT2D eigenvalue weighted by Crippen LogP contribution is -2.39. The van der Waals surface area contributed by atoms with Gasteiger partial charge < -0.3 is 9.30 Å². The minimum Gasteiger partial charge on any atom is -0.494 e. The fraction of sp³-hybridized carbons (Fsp3) is 0.524. The summed E-state index contributed by atoms with van der Waals surface area (Å²) in [4.78, 5) is 2.68. The van der Waals surface area contributed by atoms with Crippen LogP contribution in [0.15, 0.2) is 47.5 Å². The number of aryl methyl sites for hydroxylation is 1. The Kier molecular flexibility index (Phi) is 7.15. The highest BCUT2D eigenvalue weighted by molar-refractivity contribution is 7.89. The summed E-state index contributed by atoms with van der Waals surface area (Å²) in [6, 6.07) is 10.7. The SMILES string of the molecule is CCOc1ccc(S(=O)(=O)NC[C@@H](c2cccn2C)N2CCCCCC2)cc1. The molecule has 0 aliphatic carbocycles. The number of nitrogens with zero attached hydrogens (tertiary/aromatic N) is 2. The van der Waals surface area contributed by atoms with E-state index in [9.17, 15) is 8.42 Å². The second kappa shape index (κ2) is 9.58. The van der Waals surface area contributed by atoms with Crippen molar-refractivity contribution in [2.75, 3.05) is 26.2 Å². The van der Waals surface area contributed by atoms with Crippen molar-refractivity contribution in [3.63, 3.8) is 0 Å². The van der Waals surface area contributed by atoms with Crippen molar-refractivity contribution in [1.29, 1.82) is 0 Å². The highest BCUT2D eigenvalue weighted by Gasteiger charge is 2.25. The number of rotatable bonds is 8. The summed E-state index contributed by atoms with van der Waals surface area (Å²) in [5.41, 5.74) is 1.14. The lowest BCUT2D eigenvalue weighted by atomic mass is 10.1. The van der Waals surface area contributed by atoms with Crippen LogP contribution in [0.3, 0.4) is 0 Å². The van der Waals surface area contributed by atoms with E-state index >= 15 is 0 Å². The molecule has 2 heterocycles. The van der Waals surface area contributed by atoms with Gasteiger partial charge in [0.05, 0.1) is 17.5 Å². The second-order valence-electron chi connectivity index (χ2n) is 7.27. The number of nitrogens with one attached hydrogen (secondary N) is 1. The largest absolute Gasteiger partial charge is 0.494 e. The monoisotopic (exact) mass is 405 g/mol. The molecule has 1 aliphatic heterocycles. The topological polar surface area (TPSA) is 63.6 Å². The first-order chi connectivity index (χ1) is 13.5. The summed E-state index contributed by atoms with van der Waals surface area (Å²) < 4.78 is 36.0. The minimum absolute atomic E-state index is 0.0237. The molecule has 0 radical (unpaired) electrons. The van der Waals surface area contributed by atoms with E-state index in [1.165, 1.54) is 12.8 Å². The van der Waals surface area contributed by atoms with E-state index in [1.54, 1.807) is 24.3 Å². The molecule has 1 aromatic heterocycles. The summed E-state index contributed by atoms with van der Waals surface area (Å²) in [5, 5.41) is 0. The van der Waals surface area contributed by atoms with Crippen LogP contribution in [0, 0.1) is 0 Å². The number of sulfonamides is 1. The molecule has 0 unspecified atom stereocenters. The van der Waals surface area contributed by atoms with Gasteiger partial charge in [-0.2, -0.15) is 0 Å². The third-order valence-corrected chi connectivity index (χ3v) is 6.76. The van der Waals surface area contributed by atoms with E-state index in [2.05, 4.69) is 20.3 Å². The van der Waals surface area contributed by atoms with Crippen LogP contribution in [0.25, 0.3) is 0 Å². The smallest absolute Gasteiger partial charge is 0.240 e. The zero-order valence-electron chi connectivity index (χ0n) is 16.8. The minimum atomic E-state index is -3.58. The molecule has 6 nitrogen and oxygen atoms in total. The number of benzene rings is 1. The summed E-state index contributed by atoms with van der Waals surface area (Å²) in [6.45, 7) is 4.81. The van der Waals surface area contributed by atoms with E-state index in [-0.39, 0.29) is 10.9 Å². The Morgan fingerprint density at radius 3 is 2.32 bits per heavy atom. The summed E-state index contributed by atoms with van der Waals surface area (Å²) in [7, 11) is -1.57. The number of likely N-dealkylation sites (tertiary alicyclic amines) is 1. The molecule has 154 valence electrons. The van der Waals surface area contributed by atoms with Crippen molar-refractivity contribution < 1.29 is 13.2 Å². The van der Waals surface area contributed by atoms with Gasteiger partial charge >= 0.3 is 0 Å². The Morgan fingerprint density at radius 2 is 1.75 bits per heavy atom. The summed E-state index contributed by atoms with van der Waals surface area (Å²) in [5.74, 6) is 0.674. The van der Waals surface area contributed by atoms with Gasteiger partial charge in [-0.05, 0) is 69.3 Å². The van der Waals surface area contributed by atoms with Gasteiger partial charge in [0, 0.05) is 25.5 Å². The molecule has 1 aliphatic rings. The van der Waals surface area contributed by atoms with Gasteiger partial charge in [0.1, 0.15) is 5.75 Å². The molecule has 2 aromatic rings. The molecule has 0 bridgehead atoms. The number of ether oxygens (including phenoxy) is 1. The van der Waals surface area contributed by atoms with Crippen LogP contribution in [-0.4, -0.2) is 44.1 Å². The first-order valence-electron chi connectivity index (χ1n) is 10.1. The second-order valence-corrected chi connectivity index (χ2v) is 9.03. The van der Waals surface area contributed by atoms with Crippen LogP contribution in [0.2, 0.25) is 0 Å². The first kappa shape index (κ1) is 20.9. The molecule has 0 spiro atoms. The predicted molar refractivity (Wildman–Crippen MR) is 111 cm³/mol. The Balaban J connectivity index is 1.75. The van der Waals surface area contributed by atoms with Gasteiger partial charge in [-0.1, -0.05) is 12.8 Å². The predicted octanol–water partition coefficient (Wildman–Crippen LogP) is 3.32. The van der Waals surface area contributed by atoms with Gasteiger partial charge in [-0.25, -0.2) is 13.1 Å². The average molecular weight is 406 g/mol. The maximum absolute atomic E-state index is 12.8. The molecule has 1 N–H and O–H groups in total. The Morgan fingerprint density at radius 1 is 1.07 bits per heavy atom. The fourth-order valence-corrected chi connectivity index (χ4v) is 4.84. The van der Waals surface area contributed by atoms with E-state index in [4.69, 9.17) is 4.74 Å². The molecular weight excluding hydrogens is 374 g/mol. The molecule has 28 heavy (non-hydrogen) atoms. The van der Waals surface area contributed by atoms with E-state index in [1.807, 2.05) is 26.2 Å². The van der Waals surface area contributed by atoms with Crippen LogP contribution >= 0.6 is 0 Å². The van der Waals surface area contributed by atoms with E-state index < -0.39 is 10.0 Å². The van der Waals surface area contributed by atoms with Crippen molar-refractivity contribution in [2.24, 2.45) is 7.05 Å². The fourth-order valence-electron chi connectivity index (χ4n) is 3.80. The molecule has 1 saturated heterocycles. The first-order valence-corrected chi connectivity index (χ1v) is 11.6. The summed E-state index contributed by atoms with van der Waals surface area (Å²) >= 11 is 0. The average Bonchev–Trinajstić information content (AvgIpc) is 2.93. The normalized spacial score (nSPS) is 17.2. The van der Waals surface area contributed by atoms with Crippen molar-refractivity contribution in [2.45, 2.75) is 43.5 Å². The Labute approximate surface area is 168 Å². The maximum Gasteiger partial charge on any atom is 0.240 e. The van der Waals surface area contributed by atoms with Gasteiger partial charge in [-0.3, -0.25) is 4.90 Å². The van der Waals surface area contributed by atoms with Gasteiger partial charge in [-0.15, -0.1) is 0 Å². The highest BCUT2D eigenvalue weighted by Crippen LogP contribution is 2.25. The number of aromatic nitrogens is 1. The van der Waals surface area contributed by atoms with Crippen LogP contribution in [-0.2, 0) is 17.1 Å². The van der Waals surface area contributed by atoms with Gasteiger partial charge in [0.15, 0.2) is 0 Å². The molecule has 1 aromatic carbocycles. The molecule has 1 atom stereocenters. The standard InChI is InChI=1S/C21H31N3O3S/c1-3-27-18-10-12-19(13-11-18)28(25,26)22-17-21(20-9-8-14-23(20)2)24-15-6-4-5-7-16-24/h8-14,21-22H,3-7,15-17H2,1-2H3/t21-/m0/s1. The molecule has 0 saturated carbocycles. The maximum atomic E-state index is 12.8. The number of hydrogen-bond acceptors (Lipinski definition) is 4. The molecular formula is C21H31N3O3S. The van der Waals surface area contributed by atoms with Crippen LogP contribution in [0.4, 0.5) is 0 Å². The van der Waals surface area contributed by atoms with Crippen molar-refractivity contribution in [1.82, 2.24) is 14.2 Å². The lowest BCUT2D eigenvalue weighted by molar-refractivity contribution is 0.199. The molecule has 1 fully saturated rings. The summed E-state index contributed by atoms with van der Waals surface area (Å²) in [6.07, 6.45) is 6.82. The van der Waals surface area contributed by atoms with Crippen LogP contribution in [0.5, 0.6) is 5.75 Å². The van der Waals surface area contributed by atoms with Crippen molar-refractivity contribution in [3.8, 4) is 5.75 Å².